The van der Waals surface area contributed by atoms with E-state index in [1.165, 1.54) is 0 Å². The van der Waals surface area contributed by atoms with Crippen LogP contribution in [0.2, 0.25) is 0 Å². The minimum Gasteiger partial charge on any atom is -0.366 e. The van der Waals surface area contributed by atoms with Crippen molar-refractivity contribution in [1.29, 1.82) is 0 Å². The van der Waals surface area contributed by atoms with E-state index >= 15 is 0 Å². The maximum atomic E-state index is 13.1. The van der Waals surface area contributed by atoms with Crippen LogP contribution in [0.3, 0.4) is 0 Å². The number of primary amides is 1. The lowest BCUT2D eigenvalue weighted by Crippen LogP contribution is -2.05. The summed E-state index contributed by atoms with van der Waals surface area (Å²) in [4.78, 5) is 19.5. The van der Waals surface area contributed by atoms with Gasteiger partial charge in [-0.25, -0.2) is 0 Å². The second-order valence-corrected chi connectivity index (χ2v) is 2.83. The van der Waals surface area contributed by atoms with E-state index in [1.807, 2.05) is 0 Å². The molecule has 0 radical (unpaired) electrons. The number of carbonyl (C=O) groups excluding carboxylic acids is 1. The first-order chi connectivity index (χ1) is 7.41. The highest BCUT2D eigenvalue weighted by Gasteiger charge is 2.21. The van der Waals surface area contributed by atoms with Crippen LogP contribution in [-0.2, 0) is 4.79 Å². The zero-order chi connectivity index (χ0) is 12.3. The van der Waals surface area contributed by atoms with Crippen LogP contribution in [0.15, 0.2) is 18.2 Å². The van der Waals surface area contributed by atoms with E-state index in [9.17, 15) is 23.7 Å². The van der Waals surface area contributed by atoms with Gasteiger partial charge in [0.2, 0.25) is 17.5 Å². The molecule has 7 heteroatoms. The molecule has 16 heavy (non-hydrogen) atoms. The van der Waals surface area contributed by atoms with Crippen molar-refractivity contribution in [2.45, 2.75) is 0 Å². The fraction of sp³-hybridized carbons (Fsp3) is 0. The number of amides is 1. The van der Waals surface area contributed by atoms with Crippen molar-refractivity contribution in [2.75, 3.05) is 0 Å². The highest BCUT2D eigenvalue weighted by Crippen LogP contribution is 2.23. The Kier molecular flexibility index (Phi) is 3.29. The highest BCUT2D eigenvalue weighted by molar-refractivity contribution is 5.90. The number of rotatable bonds is 3. The van der Waals surface area contributed by atoms with Crippen molar-refractivity contribution in [2.24, 2.45) is 5.73 Å². The lowest BCUT2D eigenvalue weighted by molar-refractivity contribution is -0.390. The molecule has 0 saturated heterocycles. The van der Waals surface area contributed by atoms with Gasteiger partial charge in [0.05, 0.1) is 4.92 Å². The van der Waals surface area contributed by atoms with E-state index in [-0.39, 0.29) is 5.56 Å². The molecular formula is C9H6F2N2O3. The number of hydrogen-bond donors (Lipinski definition) is 1. The van der Waals surface area contributed by atoms with E-state index in [1.54, 1.807) is 0 Å². The maximum absolute atomic E-state index is 13.1. The summed E-state index contributed by atoms with van der Waals surface area (Å²) < 4.78 is 26.1. The van der Waals surface area contributed by atoms with Crippen LogP contribution in [0.5, 0.6) is 0 Å². The van der Waals surface area contributed by atoms with E-state index < -0.39 is 28.2 Å². The second kappa shape index (κ2) is 4.47. The van der Waals surface area contributed by atoms with Gasteiger partial charge in [0.1, 0.15) is 0 Å². The van der Waals surface area contributed by atoms with Crippen molar-refractivity contribution in [3.8, 4) is 0 Å². The van der Waals surface area contributed by atoms with Crippen LogP contribution in [0, 0.1) is 21.7 Å². The Hall–Kier alpha value is -2.31. The van der Waals surface area contributed by atoms with Crippen molar-refractivity contribution in [1.82, 2.24) is 0 Å². The Balaban J connectivity index is 3.20. The summed E-state index contributed by atoms with van der Waals surface area (Å²) in [5.74, 6) is -3.41. The zero-order valence-electron chi connectivity index (χ0n) is 7.81. The Labute approximate surface area is 88.3 Å². The molecule has 1 rings (SSSR count). The van der Waals surface area contributed by atoms with Crippen molar-refractivity contribution >= 4 is 17.7 Å². The van der Waals surface area contributed by atoms with E-state index in [0.717, 1.165) is 24.3 Å². The third-order valence-electron chi connectivity index (χ3n) is 1.66. The number of nitro benzene ring substituents is 1. The topological polar surface area (TPSA) is 86.2 Å². The molecule has 0 aromatic heterocycles. The summed E-state index contributed by atoms with van der Waals surface area (Å²) in [5.41, 5.74) is 3.52. The molecule has 1 amide bonds. The number of nitrogens with two attached hydrogens (primary N) is 1. The fourth-order valence-electron chi connectivity index (χ4n) is 1.03. The maximum Gasteiger partial charge on any atom is 0.340 e. The van der Waals surface area contributed by atoms with Gasteiger partial charge in [-0.2, -0.15) is 8.78 Å². The lowest BCUT2D eigenvalue weighted by atomic mass is 10.1. The standard InChI is InChI=1S/C9H6F2N2O3/c10-6-3-5(1-2-8(12)14)4-7(11)9(6)13(15)16/h1-4H,(H2,12,14). The molecule has 0 atom stereocenters. The normalized spacial score (nSPS) is 10.6. The molecule has 0 aliphatic rings. The summed E-state index contributed by atoms with van der Waals surface area (Å²) in [6.45, 7) is 0. The third-order valence-corrected chi connectivity index (χ3v) is 1.66. The molecule has 1 aromatic rings. The summed E-state index contributed by atoms with van der Waals surface area (Å²) in [7, 11) is 0. The van der Waals surface area contributed by atoms with E-state index in [2.05, 4.69) is 0 Å². The first-order valence-corrected chi connectivity index (χ1v) is 4.02. The Morgan fingerprint density at radius 3 is 2.25 bits per heavy atom. The molecule has 0 bridgehead atoms. The Bertz CT molecular complexity index is 463. The molecule has 5 nitrogen and oxygen atoms in total. The molecule has 0 fully saturated rings. The molecule has 84 valence electrons. The van der Waals surface area contributed by atoms with Crippen molar-refractivity contribution in [3.63, 3.8) is 0 Å². The van der Waals surface area contributed by atoms with Gasteiger partial charge in [-0.1, -0.05) is 0 Å². The quantitative estimate of drug-likeness (QED) is 0.481. The molecule has 0 spiro atoms. The molecule has 0 saturated carbocycles. The summed E-state index contributed by atoms with van der Waals surface area (Å²) >= 11 is 0. The van der Waals surface area contributed by atoms with Gasteiger partial charge in [0.25, 0.3) is 0 Å². The lowest BCUT2D eigenvalue weighted by Gasteiger charge is -1.98. The minimum atomic E-state index is -1.31. The number of halogens is 2. The summed E-state index contributed by atoms with van der Waals surface area (Å²) in [5, 5.41) is 10.3. The van der Waals surface area contributed by atoms with Gasteiger partial charge >= 0.3 is 5.69 Å². The SMILES string of the molecule is NC(=O)C=Cc1cc(F)c([N+](=O)[O-])c(F)c1. The van der Waals surface area contributed by atoms with E-state index in [0.29, 0.717) is 0 Å². The zero-order valence-corrected chi connectivity index (χ0v) is 7.81. The van der Waals surface area contributed by atoms with Crippen LogP contribution in [0.25, 0.3) is 6.08 Å². The molecular weight excluding hydrogens is 222 g/mol. The molecule has 0 unspecified atom stereocenters. The predicted octanol–water partition coefficient (Wildman–Crippen LogP) is 1.37. The Morgan fingerprint density at radius 1 is 1.38 bits per heavy atom. The molecule has 0 aliphatic carbocycles. The first kappa shape index (κ1) is 11.8. The monoisotopic (exact) mass is 228 g/mol. The number of nitrogens with zero attached hydrogens (tertiary/aromatic N) is 1. The number of benzene rings is 1. The van der Waals surface area contributed by atoms with Gasteiger partial charge in [-0.15, -0.1) is 0 Å². The van der Waals surface area contributed by atoms with Crippen molar-refractivity contribution in [3.05, 3.63) is 45.5 Å². The predicted molar refractivity (Wildman–Crippen MR) is 51.2 cm³/mol. The Morgan fingerprint density at radius 2 is 1.88 bits per heavy atom. The van der Waals surface area contributed by atoms with Gasteiger partial charge in [0.15, 0.2) is 0 Å². The number of carbonyl (C=O) groups is 1. The molecule has 0 aliphatic heterocycles. The van der Waals surface area contributed by atoms with Gasteiger partial charge in [0, 0.05) is 6.08 Å². The largest absolute Gasteiger partial charge is 0.366 e. The van der Waals surface area contributed by atoms with Crippen LogP contribution in [0.1, 0.15) is 5.56 Å². The number of nitro groups is 1. The van der Waals surface area contributed by atoms with Gasteiger partial charge in [-0.3, -0.25) is 14.9 Å². The first-order valence-electron chi connectivity index (χ1n) is 4.02. The average molecular weight is 228 g/mol. The number of hydrogen-bond acceptors (Lipinski definition) is 3. The molecule has 0 heterocycles. The van der Waals surface area contributed by atoms with Crippen LogP contribution < -0.4 is 5.73 Å². The third kappa shape index (κ3) is 2.59. The van der Waals surface area contributed by atoms with Gasteiger partial charge in [-0.05, 0) is 23.8 Å². The van der Waals surface area contributed by atoms with Crippen LogP contribution in [-0.4, -0.2) is 10.8 Å². The van der Waals surface area contributed by atoms with Crippen LogP contribution in [0.4, 0.5) is 14.5 Å². The van der Waals surface area contributed by atoms with Crippen LogP contribution >= 0.6 is 0 Å². The summed E-state index contributed by atoms with van der Waals surface area (Å²) in [6, 6.07) is 1.47. The molecule has 1 aromatic carbocycles. The second-order valence-electron chi connectivity index (χ2n) is 2.83. The highest BCUT2D eigenvalue weighted by atomic mass is 19.1. The van der Waals surface area contributed by atoms with E-state index in [4.69, 9.17) is 5.73 Å². The van der Waals surface area contributed by atoms with Gasteiger partial charge < -0.3 is 5.73 Å². The smallest absolute Gasteiger partial charge is 0.340 e. The minimum absolute atomic E-state index is 0.0283. The summed E-state index contributed by atoms with van der Waals surface area (Å²) in [6.07, 6.45) is 1.94. The average Bonchev–Trinajstić information content (AvgIpc) is 2.12. The van der Waals surface area contributed by atoms with Crippen molar-refractivity contribution < 1.29 is 18.5 Å². The molecule has 2 N–H and O–H groups in total. The fourth-order valence-corrected chi connectivity index (χ4v) is 1.03.